The van der Waals surface area contributed by atoms with Crippen LogP contribution in [-0.4, -0.2) is 33.5 Å². The number of hydrogen-bond acceptors (Lipinski definition) is 7. The van der Waals surface area contributed by atoms with E-state index >= 15 is 0 Å². The minimum Gasteiger partial charge on any atom is -0.497 e. The molecule has 0 atom stereocenters. The molecule has 7 nitrogen and oxygen atoms in total. The van der Waals surface area contributed by atoms with Crippen molar-refractivity contribution in [2.24, 2.45) is 0 Å². The molecule has 0 saturated carbocycles. The van der Waals surface area contributed by atoms with E-state index in [2.05, 4.69) is 25.7 Å². The lowest BCUT2D eigenvalue weighted by Gasteiger charge is -2.07. The van der Waals surface area contributed by atoms with Crippen molar-refractivity contribution in [3.63, 3.8) is 0 Å². The number of nitrogens with zero attached hydrogens (tertiary/aromatic N) is 4. The number of rotatable bonds is 5. The Morgan fingerprint density at radius 1 is 1.04 bits per heavy atom. The lowest BCUT2D eigenvalue weighted by molar-refractivity contribution is 0.414. The largest absolute Gasteiger partial charge is 0.497 e. The Bertz CT molecular complexity index is 766. The third-order valence-electron chi connectivity index (χ3n) is 3.09. The molecule has 23 heavy (non-hydrogen) atoms. The van der Waals surface area contributed by atoms with Crippen molar-refractivity contribution in [3.05, 3.63) is 36.4 Å². The smallest absolute Gasteiger partial charge is 0.278 e. The van der Waals surface area contributed by atoms with Gasteiger partial charge in [0.15, 0.2) is 5.69 Å². The van der Waals surface area contributed by atoms with Gasteiger partial charge in [0.25, 0.3) is 5.89 Å². The predicted octanol–water partition coefficient (Wildman–Crippen LogP) is 3.02. The summed E-state index contributed by atoms with van der Waals surface area (Å²) in [6.45, 7) is 4.07. The maximum absolute atomic E-state index is 5.27. The van der Waals surface area contributed by atoms with E-state index in [1.165, 1.54) is 0 Å². The minimum atomic E-state index is 0.292. The predicted molar refractivity (Wildman–Crippen MR) is 86.1 cm³/mol. The molecule has 0 fully saturated rings. The third kappa shape index (κ3) is 3.45. The molecule has 2 heterocycles. The Morgan fingerprint density at radius 3 is 2.43 bits per heavy atom. The number of hydrogen-bond donors (Lipinski definition) is 1. The molecule has 0 aliphatic carbocycles. The second-order valence-electron chi connectivity index (χ2n) is 5.25. The van der Waals surface area contributed by atoms with Gasteiger partial charge < -0.3 is 14.6 Å². The van der Waals surface area contributed by atoms with Crippen molar-refractivity contribution in [1.82, 2.24) is 20.3 Å². The second-order valence-corrected chi connectivity index (χ2v) is 5.25. The highest BCUT2D eigenvalue weighted by Gasteiger charge is 2.12. The summed E-state index contributed by atoms with van der Waals surface area (Å²) < 4.78 is 10.4. The SMILES string of the molecule is COc1ccc(-c2noc(-c3ccc(NC(C)C)nn3)n2)cc1. The fourth-order valence-corrected chi connectivity index (χ4v) is 2.00. The van der Waals surface area contributed by atoms with E-state index in [0.29, 0.717) is 29.3 Å². The molecular weight excluding hydrogens is 294 g/mol. The van der Waals surface area contributed by atoms with Crippen LogP contribution in [0.3, 0.4) is 0 Å². The van der Waals surface area contributed by atoms with Crippen molar-refractivity contribution in [3.8, 4) is 28.7 Å². The van der Waals surface area contributed by atoms with Crippen molar-refractivity contribution < 1.29 is 9.26 Å². The van der Waals surface area contributed by atoms with E-state index in [1.807, 2.05) is 44.2 Å². The molecule has 3 rings (SSSR count). The topological polar surface area (TPSA) is 86.0 Å². The van der Waals surface area contributed by atoms with Gasteiger partial charge >= 0.3 is 0 Å². The number of methoxy groups -OCH3 is 1. The highest BCUT2D eigenvalue weighted by molar-refractivity contribution is 5.59. The molecule has 1 aromatic carbocycles. The summed E-state index contributed by atoms with van der Waals surface area (Å²) in [5, 5.41) is 15.4. The number of nitrogens with one attached hydrogen (secondary N) is 1. The highest BCUT2D eigenvalue weighted by Crippen LogP contribution is 2.23. The zero-order valence-electron chi connectivity index (χ0n) is 13.1. The molecule has 0 aliphatic rings. The summed E-state index contributed by atoms with van der Waals surface area (Å²) >= 11 is 0. The normalized spacial score (nSPS) is 10.8. The molecule has 118 valence electrons. The van der Waals surface area contributed by atoms with Gasteiger partial charge in [-0.05, 0) is 50.2 Å². The van der Waals surface area contributed by atoms with Crippen LogP contribution in [0.25, 0.3) is 23.0 Å². The third-order valence-corrected chi connectivity index (χ3v) is 3.09. The quantitative estimate of drug-likeness (QED) is 0.775. The van der Waals surface area contributed by atoms with Crippen molar-refractivity contribution in [1.29, 1.82) is 0 Å². The first-order chi connectivity index (χ1) is 11.2. The second kappa shape index (κ2) is 6.43. The number of benzene rings is 1. The van der Waals surface area contributed by atoms with Crippen LogP contribution in [0.15, 0.2) is 40.9 Å². The average molecular weight is 311 g/mol. The lowest BCUT2D eigenvalue weighted by atomic mass is 10.2. The van der Waals surface area contributed by atoms with Crippen LogP contribution in [0.2, 0.25) is 0 Å². The molecule has 1 N–H and O–H groups in total. The van der Waals surface area contributed by atoms with Gasteiger partial charge in [-0.15, -0.1) is 10.2 Å². The maximum Gasteiger partial charge on any atom is 0.278 e. The summed E-state index contributed by atoms with van der Waals surface area (Å²) in [6, 6.07) is 11.3. The van der Waals surface area contributed by atoms with Crippen LogP contribution < -0.4 is 10.1 Å². The molecule has 0 amide bonds. The van der Waals surface area contributed by atoms with Gasteiger partial charge in [0.05, 0.1) is 7.11 Å². The van der Waals surface area contributed by atoms with E-state index in [4.69, 9.17) is 9.26 Å². The van der Waals surface area contributed by atoms with Crippen LogP contribution in [0.4, 0.5) is 5.82 Å². The van der Waals surface area contributed by atoms with E-state index in [0.717, 1.165) is 11.3 Å². The van der Waals surface area contributed by atoms with Gasteiger partial charge in [-0.1, -0.05) is 5.16 Å². The fourth-order valence-electron chi connectivity index (χ4n) is 2.00. The Hall–Kier alpha value is -2.96. The Labute approximate surface area is 133 Å². The molecule has 0 spiro atoms. The fraction of sp³-hybridized carbons (Fsp3) is 0.250. The molecule has 0 aliphatic heterocycles. The Morgan fingerprint density at radius 2 is 1.83 bits per heavy atom. The molecular formula is C16H17N5O2. The van der Waals surface area contributed by atoms with Gasteiger partial charge in [0, 0.05) is 11.6 Å². The zero-order chi connectivity index (χ0) is 16.2. The van der Waals surface area contributed by atoms with Gasteiger partial charge in [0.1, 0.15) is 11.6 Å². The highest BCUT2D eigenvalue weighted by atomic mass is 16.5. The number of ether oxygens (including phenoxy) is 1. The molecule has 7 heteroatoms. The van der Waals surface area contributed by atoms with E-state index in [1.54, 1.807) is 13.2 Å². The van der Waals surface area contributed by atoms with Crippen molar-refractivity contribution >= 4 is 5.82 Å². The molecule has 0 unspecified atom stereocenters. The van der Waals surface area contributed by atoms with Crippen molar-refractivity contribution in [2.75, 3.05) is 12.4 Å². The maximum atomic E-state index is 5.27. The lowest BCUT2D eigenvalue weighted by Crippen LogP contribution is -2.11. The first-order valence-corrected chi connectivity index (χ1v) is 7.24. The molecule has 2 aromatic heterocycles. The molecule has 0 bridgehead atoms. The summed E-state index contributed by atoms with van der Waals surface area (Å²) in [7, 11) is 1.62. The van der Waals surface area contributed by atoms with Gasteiger partial charge in [-0.2, -0.15) is 4.98 Å². The Kier molecular flexibility index (Phi) is 4.18. The van der Waals surface area contributed by atoms with Crippen LogP contribution >= 0.6 is 0 Å². The standard InChI is InChI=1S/C16H17N5O2/c1-10(2)17-14-9-8-13(19-20-14)16-18-15(21-23-16)11-4-6-12(22-3)7-5-11/h4-10H,1-3H3,(H,17,20). The summed E-state index contributed by atoms with van der Waals surface area (Å²) in [5.41, 5.74) is 1.37. The number of aromatic nitrogens is 4. The van der Waals surface area contributed by atoms with Crippen LogP contribution in [0.1, 0.15) is 13.8 Å². The van der Waals surface area contributed by atoms with Crippen LogP contribution in [0, 0.1) is 0 Å². The minimum absolute atomic E-state index is 0.292. The van der Waals surface area contributed by atoms with Crippen LogP contribution in [-0.2, 0) is 0 Å². The van der Waals surface area contributed by atoms with Gasteiger partial charge in [-0.25, -0.2) is 0 Å². The average Bonchev–Trinajstić information content (AvgIpc) is 3.05. The van der Waals surface area contributed by atoms with Gasteiger partial charge in [-0.3, -0.25) is 0 Å². The number of anilines is 1. The zero-order valence-corrected chi connectivity index (χ0v) is 13.1. The van der Waals surface area contributed by atoms with Crippen molar-refractivity contribution in [2.45, 2.75) is 19.9 Å². The molecule has 3 aromatic rings. The Balaban J connectivity index is 1.80. The molecule has 0 saturated heterocycles. The van der Waals surface area contributed by atoms with E-state index in [9.17, 15) is 0 Å². The summed E-state index contributed by atoms with van der Waals surface area (Å²) in [6.07, 6.45) is 0. The summed E-state index contributed by atoms with van der Waals surface area (Å²) in [5.74, 6) is 2.31. The van der Waals surface area contributed by atoms with E-state index in [-0.39, 0.29) is 0 Å². The monoisotopic (exact) mass is 311 g/mol. The first kappa shape index (κ1) is 15.0. The summed E-state index contributed by atoms with van der Waals surface area (Å²) in [4.78, 5) is 4.36. The first-order valence-electron chi connectivity index (χ1n) is 7.24. The van der Waals surface area contributed by atoms with Gasteiger partial charge in [0.2, 0.25) is 5.82 Å². The van der Waals surface area contributed by atoms with E-state index < -0.39 is 0 Å². The molecule has 0 radical (unpaired) electrons. The van der Waals surface area contributed by atoms with Crippen LogP contribution in [0.5, 0.6) is 5.75 Å².